The second kappa shape index (κ2) is 8.73. The minimum Gasteiger partial charge on any atom is -0.264 e. The summed E-state index contributed by atoms with van der Waals surface area (Å²) >= 11 is 0. The number of aromatic nitrogens is 1. The summed E-state index contributed by atoms with van der Waals surface area (Å²) in [6, 6.07) is 13.6. The minimum absolute atomic E-state index is 0.0494. The molecule has 0 unspecified atom stereocenters. The van der Waals surface area contributed by atoms with E-state index >= 15 is 0 Å². The third-order valence-electron chi connectivity index (χ3n) is 5.12. The van der Waals surface area contributed by atoms with Crippen molar-refractivity contribution in [3.63, 3.8) is 0 Å². The number of hydrogen-bond donors (Lipinski definition) is 0. The highest BCUT2D eigenvalue weighted by molar-refractivity contribution is 7.89. The van der Waals surface area contributed by atoms with Crippen LogP contribution in [0.2, 0.25) is 0 Å². The lowest BCUT2D eigenvalue weighted by molar-refractivity contribution is -0.385. The lowest BCUT2D eigenvalue weighted by Gasteiger charge is -2.24. The Labute approximate surface area is 176 Å². The number of hydrogen-bond acceptors (Lipinski definition) is 5. The van der Waals surface area contributed by atoms with Crippen LogP contribution in [0.5, 0.6) is 0 Å². The Bertz CT molecular complexity index is 1180. The van der Waals surface area contributed by atoms with E-state index in [1.165, 1.54) is 10.4 Å². The fourth-order valence-electron chi connectivity index (χ4n) is 3.22. The molecule has 1 heterocycles. The molecule has 0 bridgehead atoms. The first-order chi connectivity index (χ1) is 14.2. The Morgan fingerprint density at radius 3 is 2.37 bits per heavy atom. The highest BCUT2D eigenvalue weighted by atomic mass is 32.2. The molecule has 0 aliphatic heterocycles. The highest BCUT2D eigenvalue weighted by Gasteiger charge is 2.29. The summed E-state index contributed by atoms with van der Waals surface area (Å²) in [5.74, 6) is 0. The lowest BCUT2D eigenvalue weighted by atomic mass is 10.1. The molecule has 0 N–H and O–H groups in total. The van der Waals surface area contributed by atoms with Gasteiger partial charge in [-0.25, -0.2) is 8.42 Å². The van der Waals surface area contributed by atoms with Gasteiger partial charge in [0.2, 0.25) is 10.0 Å². The van der Waals surface area contributed by atoms with E-state index < -0.39 is 14.9 Å². The van der Waals surface area contributed by atoms with Crippen LogP contribution in [0.25, 0.3) is 0 Å². The maximum absolute atomic E-state index is 13.7. The molecular weight excluding hydrogens is 402 g/mol. The summed E-state index contributed by atoms with van der Waals surface area (Å²) in [6.45, 7) is 5.51. The van der Waals surface area contributed by atoms with E-state index in [1.54, 1.807) is 38.4 Å². The molecule has 156 valence electrons. The third kappa shape index (κ3) is 4.55. The van der Waals surface area contributed by atoms with Crippen LogP contribution in [0.1, 0.15) is 27.8 Å². The zero-order chi connectivity index (χ0) is 21.9. The number of nitrogens with zero attached hydrogens (tertiary/aromatic N) is 3. The number of sulfonamides is 1. The molecule has 0 spiro atoms. The van der Waals surface area contributed by atoms with E-state index in [-0.39, 0.29) is 23.7 Å². The molecule has 0 atom stereocenters. The number of rotatable bonds is 7. The van der Waals surface area contributed by atoms with Crippen LogP contribution in [-0.2, 0) is 23.1 Å². The van der Waals surface area contributed by atoms with E-state index in [4.69, 9.17) is 0 Å². The van der Waals surface area contributed by atoms with Gasteiger partial charge in [-0.15, -0.1) is 0 Å². The Balaban J connectivity index is 2.12. The smallest absolute Gasteiger partial charge is 0.264 e. The van der Waals surface area contributed by atoms with Crippen molar-refractivity contribution >= 4 is 15.7 Å². The summed E-state index contributed by atoms with van der Waals surface area (Å²) in [5, 5.41) is 11.3. The van der Waals surface area contributed by atoms with Crippen LogP contribution in [-0.4, -0.2) is 22.6 Å². The number of pyridine rings is 1. The third-order valence-corrected chi connectivity index (χ3v) is 7.04. The molecule has 8 heteroatoms. The molecule has 0 saturated heterocycles. The summed E-state index contributed by atoms with van der Waals surface area (Å²) in [4.78, 5) is 14.8. The van der Waals surface area contributed by atoms with Gasteiger partial charge in [-0.3, -0.25) is 15.1 Å². The van der Waals surface area contributed by atoms with Crippen LogP contribution in [0.4, 0.5) is 5.69 Å². The van der Waals surface area contributed by atoms with Crippen LogP contribution in [0.15, 0.2) is 65.8 Å². The standard InChI is InChI=1S/C22H23N3O4S/c1-16-7-4-5-9-20(16)15-24(14-19-8-6-10-23-13-19)30(28,29)22-12-21(25(26)27)11-17(2)18(22)3/h4-13H,14-15H2,1-3H3. The van der Waals surface area contributed by atoms with Gasteiger partial charge in [0.15, 0.2) is 0 Å². The summed E-state index contributed by atoms with van der Waals surface area (Å²) < 4.78 is 28.7. The van der Waals surface area contributed by atoms with Crippen molar-refractivity contribution in [2.45, 2.75) is 38.8 Å². The maximum Gasteiger partial charge on any atom is 0.271 e. The van der Waals surface area contributed by atoms with Crippen molar-refractivity contribution in [1.29, 1.82) is 0 Å². The zero-order valence-corrected chi connectivity index (χ0v) is 17.9. The molecule has 3 aromatic rings. The molecule has 0 radical (unpaired) electrons. The van der Waals surface area contributed by atoms with Crippen molar-refractivity contribution < 1.29 is 13.3 Å². The maximum atomic E-state index is 13.7. The Morgan fingerprint density at radius 1 is 1.00 bits per heavy atom. The van der Waals surface area contributed by atoms with Crippen LogP contribution >= 0.6 is 0 Å². The van der Waals surface area contributed by atoms with E-state index in [0.29, 0.717) is 11.1 Å². The van der Waals surface area contributed by atoms with Crippen LogP contribution in [0, 0.1) is 30.9 Å². The molecule has 0 amide bonds. The van der Waals surface area contributed by atoms with E-state index in [0.717, 1.165) is 22.8 Å². The van der Waals surface area contributed by atoms with Crippen LogP contribution < -0.4 is 0 Å². The van der Waals surface area contributed by atoms with Crippen molar-refractivity contribution in [2.24, 2.45) is 0 Å². The molecule has 2 aromatic carbocycles. The Kier molecular flexibility index (Phi) is 6.28. The van der Waals surface area contributed by atoms with Gasteiger partial charge in [0, 0.05) is 37.6 Å². The van der Waals surface area contributed by atoms with E-state index in [2.05, 4.69) is 4.98 Å². The van der Waals surface area contributed by atoms with Gasteiger partial charge in [-0.05, 0) is 54.7 Å². The van der Waals surface area contributed by atoms with Gasteiger partial charge in [0.25, 0.3) is 5.69 Å². The molecule has 0 aliphatic rings. The van der Waals surface area contributed by atoms with E-state index in [1.807, 2.05) is 31.2 Å². The van der Waals surface area contributed by atoms with Crippen LogP contribution in [0.3, 0.4) is 0 Å². The van der Waals surface area contributed by atoms with Gasteiger partial charge in [-0.1, -0.05) is 30.3 Å². The number of nitro groups is 1. The first-order valence-corrected chi connectivity index (χ1v) is 10.8. The van der Waals surface area contributed by atoms with Gasteiger partial charge in [-0.2, -0.15) is 4.31 Å². The topological polar surface area (TPSA) is 93.4 Å². The largest absolute Gasteiger partial charge is 0.271 e. The summed E-state index contributed by atoms with van der Waals surface area (Å²) in [5.41, 5.74) is 3.38. The molecule has 7 nitrogen and oxygen atoms in total. The van der Waals surface area contributed by atoms with Gasteiger partial charge in [0.1, 0.15) is 0 Å². The molecule has 1 aromatic heterocycles. The fraction of sp³-hybridized carbons (Fsp3) is 0.227. The Hall–Kier alpha value is -3.10. The molecule has 0 saturated carbocycles. The normalized spacial score (nSPS) is 11.6. The fourth-order valence-corrected chi connectivity index (χ4v) is 4.94. The predicted molar refractivity (Wildman–Crippen MR) is 114 cm³/mol. The Morgan fingerprint density at radius 2 is 1.73 bits per heavy atom. The second-order valence-electron chi connectivity index (χ2n) is 7.20. The molecule has 30 heavy (non-hydrogen) atoms. The lowest BCUT2D eigenvalue weighted by Crippen LogP contribution is -2.31. The SMILES string of the molecule is Cc1ccccc1CN(Cc1cccnc1)S(=O)(=O)c1cc([N+](=O)[O-])cc(C)c1C. The monoisotopic (exact) mass is 425 g/mol. The van der Waals surface area contributed by atoms with Gasteiger partial charge < -0.3 is 0 Å². The minimum atomic E-state index is -4.02. The average Bonchev–Trinajstić information content (AvgIpc) is 2.71. The number of aryl methyl sites for hydroxylation is 2. The van der Waals surface area contributed by atoms with Crippen molar-refractivity contribution in [2.75, 3.05) is 0 Å². The van der Waals surface area contributed by atoms with Crippen molar-refractivity contribution in [3.8, 4) is 0 Å². The predicted octanol–water partition coefficient (Wildman–Crippen LogP) is 4.31. The zero-order valence-electron chi connectivity index (χ0n) is 17.1. The second-order valence-corrected chi connectivity index (χ2v) is 9.11. The molecule has 0 aliphatic carbocycles. The average molecular weight is 426 g/mol. The number of non-ortho nitro benzene ring substituents is 1. The summed E-state index contributed by atoms with van der Waals surface area (Å²) in [6.07, 6.45) is 3.24. The number of nitro benzene ring substituents is 1. The first kappa shape index (κ1) is 21.6. The number of benzene rings is 2. The van der Waals surface area contributed by atoms with E-state index in [9.17, 15) is 18.5 Å². The van der Waals surface area contributed by atoms with Crippen molar-refractivity contribution in [3.05, 3.63) is 98.9 Å². The van der Waals surface area contributed by atoms with Gasteiger partial charge >= 0.3 is 0 Å². The highest BCUT2D eigenvalue weighted by Crippen LogP contribution is 2.30. The molecule has 0 fully saturated rings. The van der Waals surface area contributed by atoms with Crippen molar-refractivity contribution in [1.82, 2.24) is 9.29 Å². The summed E-state index contributed by atoms with van der Waals surface area (Å²) in [7, 11) is -4.02. The molecule has 3 rings (SSSR count). The quantitative estimate of drug-likeness (QED) is 0.415. The molecular formula is C22H23N3O4S. The van der Waals surface area contributed by atoms with Gasteiger partial charge in [0.05, 0.1) is 9.82 Å². The first-order valence-electron chi connectivity index (χ1n) is 9.39.